The quantitative estimate of drug-likeness (QED) is 0.583. The summed E-state index contributed by atoms with van der Waals surface area (Å²) in [6, 6.07) is 15.4. The standard InChI is InChI=1S/C21H19FN4O/c1-2-17-20(15-5-3-13(12-23)4-6-15)21-24-19(27)11-18(26(21)25-17)14-7-9-16(22)10-8-14/h3-11H,2,12,23H2,1H3,(H,24,27). The molecule has 2 aromatic heterocycles. The van der Waals surface area contributed by atoms with Gasteiger partial charge in [-0.1, -0.05) is 31.2 Å². The van der Waals surface area contributed by atoms with E-state index in [1.165, 1.54) is 18.2 Å². The topological polar surface area (TPSA) is 76.2 Å². The second kappa shape index (κ2) is 6.81. The minimum Gasteiger partial charge on any atom is -0.326 e. The van der Waals surface area contributed by atoms with E-state index in [9.17, 15) is 9.18 Å². The van der Waals surface area contributed by atoms with E-state index in [0.717, 1.165) is 27.9 Å². The SMILES string of the molecule is CCc1nn2c(-c3ccc(F)cc3)cc(=O)[nH]c2c1-c1ccc(CN)cc1. The number of rotatable bonds is 4. The maximum absolute atomic E-state index is 13.3. The lowest BCUT2D eigenvalue weighted by molar-refractivity contribution is 0.628. The van der Waals surface area contributed by atoms with Crippen molar-refractivity contribution >= 4 is 5.65 Å². The van der Waals surface area contributed by atoms with Gasteiger partial charge < -0.3 is 10.7 Å². The average Bonchev–Trinajstić information content (AvgIpc) is 3.06. The highest BCUT2D eigenvalue weighted by atomic mass is 19.1. The average molecular weight is 362 g/mol. The first kappa shape index (κ1) is 17.2. The molecule has 0 radical (unpaired) electrons. The van der Waals surface area contributed by atoms with Crippen molar-refractivity contribution in [1.82, 2.24) is 14.6 Å². The van der Waals surface area contributed by atoms with Gasteiger partial charge >= 0.3 is 0 Å². The van der Waals surface area contributed by atoms with Crippen molar-refractivity contribution in [2.24, 2.45) is 5.73 Å². The molecule has 5 nitrogen and oxygen atoms in total. The molecule has 0 amide bonds. The molecule has 3 N–H and O–H groups in total. The zero-order chi connectivity index (χ0) is 19.0. The summed E-state index contributed by atoms with van der Waals surface area (Å²) in [7, 11) is 0. The van der Waals surface area contributed by atoms with E-state index in [-0.39, 0.29) is 11.4 Å². The molecule has 4 rings (SSSR count). The van der Waals surface area contributed by atoms with Gasteiger partial charge in [-0.2, -0.15) is 5.10 Å². The number of H-pyrrole nitrogens is 1. The number of aromatic amines is 1. The fraction of sp³-hybridized carbons (Fsp3) is 0.143. The fourth-order valence-electron chi connectivity index (χ4n) is 3.28. The van der Waals surface area contributed by atoms with E-state index in [2.05, 4.69) is 4.98 Å². The summed E-state index contributed by atoms with van der Waals surface area (Å²) in [5.41, 5.74) is 11.2. The molecule has 0 fully saturated rings. The molecule has 4 aromatic rings. The van der Waals surface area contributed by atoms with E-state index in [1.54, 1.807) is 16.6 Å². The van der Waals surface area contributed by atoms with Crippen LogP contribution in [0, 0.1) is 5.82 Å². The van der Waals surface area contributed by atoms with Crippen LogP contribution in [0.15, 0.2) is 59.4 Å². The third-order valence-corrected chi connectivity index (χ3v) is 4.65. The van der Waals surface area contributed by atoms with Crippen molar-refractivity contribution < 1.29 is 4.39 Å². The van der Waals surface area contributed by atoms with Crippen LogP contribution < -0.4 is 11.3 Å². The van der Waals surface area contributed by atoms with Gasteiger partial charge in [0.25, 0.3) is 5.56 Å². The normalized spacial score (nSPS) is 11.2. The Bertz CT molecular complexity index is 1160. The van der Waals surface area contributed by atoms with Crippen LogP contribution >= 0.6 is 0 Å². The van der Waals surface area contributed by atoms with Crippen molar-refractivity contribution in [2.75, 3.05) is 0 Å². The number of halogens is 1. The molecule has 0 spiro atoms. The molecule has 6 heteroatoms. The van der Waals surface area contributed by atoms with E-state index in [4.69, 9.17) is 10.8 Å². The van der Waals surface area contributed by atoms with Gasteiger partial charge in [-0.25, -0.2) is 8.91 Å². The summed E-state index contributed by atoms with van der Waals surface area (Å²) < 4.78 is 15.0. The van der Waals surface area contributed by atoms with Gasteiger partial charge in [-0.3, -0.25) is 4.79 Å². The van der Waals surface area contributed by atoms with Crippen LogP contribution in [0.5, 0.6) is 0 Å². The predicted molar refractivity (Wildman–Crippen MR) is 104 cm³/mol. The van der Waals surface area contributed by atoms with Crippen molar-refractivity contribution in [3.8, 4) is 22.4 Å². The second-order valence-corrected chi connectivity index (χ2v) is 6.36. The Labute approximate surface area is 155 Å². The lowest BCUT2D eigenvalue weighted by Gasteiger charge is -2.06. The molecule has 0 aliphatic rings. The van der Waals surface area contributed by atoms with Crippen LogP contribution in [0.3, 0.4) is 0 Å². The first-order valence-electron chi connectivity index (χ1n) is 8.81. The fourth-order valence-corrected chi connectivity index (χ4v) is 3.28. The second-order valence-electron chi connectivity index (χ2n) is 6.36. The summed E-state index contributed by atoms with van der Waals surface area (Å²) in [6.07, 6.45) is 0.709. The van der Waals surface area contributed by atoms with Gasteiger partial charge in [-0.15, -0.1) is 0 Å². The molecule has 0 bridgehead atoms. The van der Waals surface area contributed by atoms with Gasteiger partial charge in [0.05, 0.1) is 11.4 Å². The van der Waals surface area contributed by atoms with Gasteiger partial charge in [0.15, 0.2) is 0 Å². The summed E-state index contributed by atoms with van der Waals surface area (Å²) in [4.78, 5) is 15.2. The molecule has 0 aliphatic carbocycles. The van der Waals surface area contributed by atoms with Gasteiger partial charge in [0.2, 0.25) is 0 Å². The maximum Gasteiger partial charge on any atom is 0.251 e. The first-order valence-corrected chi connectivity index (χ1v) is 8.81. The number of benzene rings is 2. The molecule has 0 saturated carbocycles. The Morgan fingerprint density at radius 3 is 2.37 bits per heavy atom. The monoisotopic (exact) mass is 362 g/mol. The Morgan fingerprint density at radius 1 is 1.07 bits per heavy atom. The predicted octanol–water partition coefficient (Wildman–Crippen LogP) is 3.52. The third kappa shape index (κ3) is 3.04. The third-order valence-electron chi connectivity index (χ3n) is 4.65. The Kier molecular flexibility index (Phi) is 4.33. The molecule has 0 unspecified atom stereocenters. The van der Waals surface area contributed by atoms with Gasteiger partial charge in [0, 0.05) is 23.7 Å². The number of aromatic nitrogens is 3. The maximum atomic E-state index is 13.3. The Balaban J connectivity index is 2.00. The summed E-state index contributed by atoms with van der Waals surface area (Å²) in [5.74, 6) is -0.324. The minimum absolute atomic E-state index is 0.232. The highest BCUT2D eigenvalue weighted by Gasteiger charge is 2.17. The van der Waals surface area contributed by atoms with E-state index in [1.807, 2.05) is 31.2 Å². The largest absolute Gasteiger partial charge is 0.326 e. The van der Waals surface area contributed by atoms with Gasteiger partial charge in [0.1, 0.15) is 11.5 Å². The number of aryl methyl sites for hydroxylation is 1. The number of nitrogens with zero attached hydrogens (tertiary/aromatic N) is 2. The van der Waals surface area contributed by atoms with Crippen LogP contribution in [-0.4, -0.2) is 14.6 Å². The lowest BCUT2D eigenvalue weighted by atomic mass is 10.0. The smallest absolute Gasteiger partial charge is 0.251 e. The highest BCUT2D eigenvalue weighted by Crippen LogP contribution is 2.30. The summed E-state index contributed by atoms with van der Waals surface area (Å²) >= 11 is 0. The van der Waals surface area contributed by atoms with Crippen molar-refractivity contribution in [3.05, 3.63) is 82.0 Å². The van der Waals surface area contributed by atoms with E-state index >= 15 is 0 Å². The number of nitrogens with one attached hydrogen (secondary N) is 1. The van der Waals surface area contributed by atoms with Crippen LogP contribution in [0.25, 0.3) is 28.0 Å². The summed E-state index contributed by atoms with van der Waals surface area (Å²) in [6.45, 7) is 2.50. The van der Waals surface area contributed by atoms with E-state index in [0.29, 0.717) is 24.3 Å². The molecule has 0 saturated heterocycles. The Hall–Kier alpha value is -3.25. The van der Waals surface area contributed by atoms with Gasteiger partial charge in [-0.05, 0) is 41.8 Å². The number of hydrogen-bond acceptors (Lipinski definition) is 3. The molecule has 27 heavy (non-hydrogen) atoms. The van der Waals surface area contributed by atoms with Crippen LogP contribution in [0.2, 0.25) is 0 Å². The molecule has 2 aromatic carbocycles. The minimum atomic E-state index is -0.324. The molecule has 136 valence electrons. The number of hydrogen-bond donors (Lipinski definition) is 2. The van der Waals surface area contributed by atoms with Crippen molar-refractivity contribution in [2.45, 2.75) is 19.9 Å². The zero-order valence-corrected chi connectivity index (χ0v) is 14.9. The highest BCUT2D eigenvalue weighted by molar-refractivity contribution is 5.81. The molecule has 0 aliphatic heterocycles. The van der Waals surface area contributed by atoms with Crippen molar-refractivity contribution in [1.29, 1.82) is 0 Å². The van der Waals surface area contributed by atoms with Crippen LogP contribution in [0.1, 0.15) is 18.2 Å². The molecule has 2 heterocycles. The summed E-state index contributed by atoms with van der Waals surface area (Å²) in [5, 5.41) is 4.72. The molecule has 0 atom stereocenters. The zero-order valence-electron chi connectivity index (χ0n) is 14.9. The number of fused-ring (bicyclic) bond motifs is 1. The lowest BCUT2D eigenvalue weighted by Crippen LogP contribution is -2.09. The van der Waals surface area contributed by atoms with Crippen LogP contribution in [-0.2, 0) is 13.0 Å². The number of nitrogens with two attached hydrogens (primary N) is 1. The molecular formula is C21H19FN4O. The van der Waals surface area contributed by atoms with Crippen molar-refractivity contribution in [3.63, 3.8) is 0 Å². The first-order chi connectivity index (χ1) is 13.1. The molecular weight excluding hydrogens is 343 g/mol. The Morgan fingerprint density at radius 2 is 1.74 bits per heavy atom. The van der Waals surface area contributed by atoms with E-state index < -0.39 is 0 Å². The van der Waals surface area contributed by atoms with Crippen LogP contribution in [0.4, 0.5) is 4.39 Å².